The summed E-state index contributed by atoms with van der Waals surface area (Å²) in [6.07, 6.45) is -4.43. The van der Waals surface area contributed by atoms with Crippen LogP contribution in [-0.2, 0) is 23.2 Å². The number of nitrogens with zero attached hydrogens (tertiary/aromatic N) is 5. The van der Waals surface area contributed by atoms with Crippen LogP contribution in [0.4, 0.5) is 24.5 Å². The van der Waals surface area contributed by atoms with Crippen molar-refractivity contribution in [2.45, 2.75) is 43.9 Å². The first-order valence-corrected chi connectivity index (χ1v) is 15.7. The van der Waals surface area contributed by atoms with Crippen molar-refractivity contribution < 1.29 is 26.4 Å². The number of hydrogen-bond donors (Lipinski definition) is 0. The molecule has 9 nitrogen and oxygen atoms in total. The molecular formula is C32H34F3N5O4S. The van der Waals surface area contributed by atoms with E-state index >= 15 is 0 Å². The van der Waals surface area contributed by atoms with Crippen molar-refractivity contribution in [1.82, 2.24) is 14.3 Å². The summed E-state index contributed by atoms with van der Waals surface area (Å²) in [6, 6.07) is 18.9. The molecule has 45 heavy (non-hydrogen) atoms. The molecular weight excluding hydrogens is 607 g/mol. The van der Waals surface area contributed by atoms with Crippen LogP contribution in [0.15, 0.2) is 88.6 Å². The van der Waals surface area contributed by atoms with Gasteiger partial charge in [0.05, 0.1) is 21.8 Å². The van der Waals surface area contributed by atoms with Crippen molar-refractivity contribution in [3.8, 4) is 5.69 Å². The normalized spacial score (nSPS) is 17.4. The number of benzene rings is 3. The van der Waals surface area contributed by atoms with Gasteiger partial charge in [-0.3, -0.25) is 18.6 Å². The third-order valence-electron chi connectivity index (χ3n) is 8.29. The lowest BCUT2D eigenvalue weighted by Gasteiger charge is -2.45. The van der Waals surface area contributed by atoms with E-state index in [-0.39, 0.29) is 34.1 Å². The fraction of sp³-hybridized carbons (Fsp3) is 0.312. The molecule has 2 atom stereocenters. The third-order valence-corrected chi connectivity index (χ3v) is 10.0. The minimum Gasteiger partial charge on any atom is -0.367 e. The van der Waals surface area contributed by atoms with E-state index in [9.17, 15) is 31.2 Å². The average molecular weight is 642 g/mol. The van der Waals surface area contributed by atoms with Crippen LogP contribution in [0.2, 0.25) is 0 Å². The number of hydrogen-bond acceptors (Lipinski definition) is 5. The summed E-state index contributed by atoms with van der Waals surface area (Å²) >= 11 is 0. The lowest BCUT2D eigenvalue weighted by atomic mass is 10.0. The molecule has 2 heterocycles. The molecule has 0 spiro atoms. The van der Waals surface area contributed by atoms with Crippen molar-refractivity contribution in [3.05, 3.63) is 106 Å². The molecule has 0 saturated carbocycles. The number of rotatable bonds is 6. The minimum absolute atomic E-state index is 0.0142. The van der Waals surface area contributed by atoms with Gasteiger partial charge in [0.1, 0.15) is 5.69 Å². The first-order valence-electron chi connectivity index (χ1n) is 14.3. The van der Waals surface area contributed by atoms with E-state index in [0.29, 0.717) is 30.2 Å². The van der Waals surface area contributed by atoms with Gasteiger partial charge in [0.15, 0.2) is 0 Å². The zero-order valence-electron chi connectivity index (χ0n) is 25.5. The highest BCUT2D eigenvalue weighted by Gasteiger charge is 2.36. The summed E-state index contributed by atoms with van der Waals surface area (Å²) in [5.74, 6) is -0.371. The lowest BCUT2D eigenvalue weighted by molar-refractivity contribution is -0.137. The standard InChI is InChI=1S/C32H34F3N5O4S/c1-21-19-38(26-16-14-25(15-17-26)32(33,34)35)20-22(2)39(21)30(41)24-10-9-13-28(18-24)45(43,44)37(5)29-23(3)36(4)40(31(29)42)27-11-7-6-8-12-27/h6-18,21-22H,19-20H2,1-5H3. The Hall–Kier alpha value is -4.52. The summed E-state index contributed by atoms with van der Waals surface area (Å²) in [7, 11) is -1.26. The fourth-order valence-electron chi connectivity index (χ4n) is 5.93. The van der Waals surface area contributed by atoms with Crippen LogP contribution in [0, 0.1) is 6.92 Å². The van der Waals surface area contributed by atoms with Crippen molar-refractivity contribution in [2.24, 2.45) is 7.05 Å². The van der Waals surface area contributed by atoms with E-state index < -0.39 is 27.3 Å². The van der Waals surface area contributed by atoms with Crippen molar-refractivity contribution in [2.75, 3.05) is 29.3 Å². The van der Waals surface area contributed by atoms with Gasteiger partial charge in [-0.15, -0.1) is 0 Å². The molecule has 0 bridgehead atoms. The summed E-state index contributed by atoms with van der Waals surface area (Å²) in [6.45, 7) is 6.10. The Balaban J connectivity index is 1.39. The molecule has 5 rings (SSSR count). The number of piperazine rings is 1. The highest BCUT2D eigenvalue weighted by molar-refractivity contribution is 7.92. The van der Waals surface area contributed by atoms with Crippen LogP contribution < -0.4 is 14.8 Å². The Morgan fingerprint density at radius 3 is 2.07 bits per heavy atom. The molecule has 0 radical (unpaired) electrons. The Labute approximate surface area is 259 Å². The molecule has 1 fully saturated rings. The molecule has 4 aromatic rings. The van der Waals surface area contributed by atoms with E-state index in [2.05, 4.69) is 0 Å². The number of amides is 1. The summed E-state index contributed by atoms with van der Waals surface area (Å²) in [4.78, 5) is 30.7. The smallest absolute Gasteiger partial charge is 0.367 e. The highest BCUT2D eigenvalue weighted by Crippen LogP contribution is 2.32. The molecule has 238 valence electrons. The number of anilines is 2. The Morgan fingerprint density at radius 2 is 1.49 bits per heavy atom. The maximum Gasteiger partial charge on any atom is 0.416 e. The van der Waals surface area contributed by atoms with E-state index in [1.807, 2.05) is 24.8 Å². The second kappa shape index (κ2) is 11.8. The van der Waals surface area contributed by atoms with Gasteiger partial charge in [-0.2, -0.15) is 13.2 Å². The number of halogens is 3. The first kappa shape index (κ1) is 31.9. The molecule has 2 unspecified atom stereocenters. The van der Waals surface area contributed by atoms with Gasteiger partial charge in [-0.25, -0.2) is 13.1 Å². The largest absolute Gasteiger partial charge is 0.416 e. The van der Waals surface area contributed by atoms with Gasteiger partial charge in [0.25, 0.3) is 21.5 Å². The van der Waals surface area contributed by atoms with E-state index in [1.165, 1.54) is 42.1 Å². The van der Waals surface area contributed by atoms with E-state index in [0.717, 1.165) is 16.4 Å². The van der Waals surface area contributed by atoms with Crippen LogP contribution in [0.3, 0.4) is 0 Å². The summed E-state index contributed by atoms with van der Waals surface area (Å²) in [5.41, 5.74) is 0.555. The molecule has 3 aromatic carbocycles. The number of carbonyl (C=O) groups is 1. The minimum atomic E-state index is -4.43. The van der Waals surface area contributed by atoms with Gasteiger partial charge in [-0.05, 0) is 75.4 Å². The maximum absolute atomic E-state index is 13.8. The predicted molar refractivity (Wildman–Crippen MR) is 167 cm³/mol. The molecule has 1 saturated heterocycles. The maximum atomic E-state index is 13.8. The van der Waals surface area contributed by atoms with Crippen LogP contribution in [-0.4, -0.2) is 60.8 Å². The number of para-hydroxylation sites is 1. The topological polar surface area (TPSA) is 87.9 Å². The third kappa shape index (κ3) is 5.84. The molecule has 1 aromatic heterocycles. The number of sulfonamides is 1. The van der Waals surface area contributed by atoms with Crippen LogP contribution in [0.5, 0.6) is 0 Å². The monoisotopic (exact) mass is 641 g/mol. The zero-order chi connectivity index (χ0) is 32.8. The Bertz CT molecular complexity index is 1870. The summed E-state index contributed by atoms with van der Waals surface area (Å²) in [5, 5.41) is 0. The average Bonchev–Trinajstić information content (AvgIpc) is 3.23. The molecule has 1 aliphatic heterocycles. The number of aromatic nitrogens is 2. The Kier molecular flexibility index (Phi) is 8.34. The highest BCUT2D eigenvalue weighted by atomic mass is 32.2. The van der Waals surface area contributed by atoms with Gasteiger partial charge in [0, 0.05) is 50.5 Å². The van der Waals surface area contributed by atoms with Gasteiger partial charge in [0.2, 0.25) is 0 Å². The first-order chi connectivity index (χ1) is 21.1. The quantitative estimate of drug-likeness (QED) is 0.294. The predicted octanol–water partition coefficient (Wildman–Crippen LogP) is 5.07. The van der Waals surface area contributed by atoms with Crippen LogP contribution in [0.1, 0.15) is 35.5 Å². The molecule has 0 N–H and O–H groups in total. The number of carbonyl (C=O) groups excluding carboxylic acids is 1. The van der Waals surface area contributed by atoms with E-state index in [4.69, 9.17) is 0 Å². The molecule has 0 aliphatic carbocycles. The van der Waals surface area contributed by atoms with Crippen molar-refractivity contribution in [1.29, 1.82) is 0 Å². The zero-order valence-corrected chi connectivity index (χ0v) is 26.3. The second-order valence-corrected chi connectivity index (χ2v) is 13.2. The van der Waals surface area contributed by atoms with Crippen LogP contribution >= 0.6 is 0 Å². The van der Waals surface area contributed by atoms with Gasteiger partial charge < -0.3 is 9.80 Å². The molecule has 13 heteroatoms. The van der Waals surface area contributed by atoms with E-state index in [1.54, 1.807) is 53.9 Å². The van der Waals surface area contributed by atoms with Gasteiger partial charge in [-0.1, -0.05) is 24.3 Å². The summed E-state index contributed by atoms with van der Waals surface area (Å²) < 4.78 is 70.6. The fourth-order valence-corrected chi connectivity index (χ4v) is 7.22. The van der Waals surface area contributed by atoms with Crippen LogP contribution in [0.25, 0.3) is 5.69 Å². The lowest BCUT2D eigenvalue weighted by Crippen LogP contribution is -2.58. The van der Waals surface area contributed by atoms with Crippen molar-refractivity contribution in [3.63, 3.8) is 0 Å². The van der Waals surface area contributed by atoms with Gasteiger partial charge >= 0.3 is 6.18 Å². The molecule has 1 aliphatic rings. The second-order valence-electron chi connectivity index (χ2n) is 11.3. The van der Waals surface area contributed by atoms with Crippen molar-refractivity contribution >= 4 is 27.3 Å². The SMILES string of the molecule is Cc1c(N(C)S(=O)(=O)c2cccc(C(=O)N3C(C)CN(c4ccc(C(F)(F)F)cc4)CC3C)c2)c(=O)n(-c2ccccc2)n1C. The Morgan fingerprint density at radius 1 is 0.889 bits per heavy atom. The molecule has 1 amide bonds. The number of alkyl halides is 3.